The van der Waals surface area contributed by atoms with Gasteiger partial charge in [-0.2, -0.15) is 0 Å². The molecule has 3 aromatic heterocycles. The second kappa shape index (κ2) is 5.34. The molecule has 25 heavy (non-hydrogen) atoms. The maximum absolute atomic E-state index is 4.62. The molecule has 3 fully saturated rings. The lowest BCUT2D eigenvalue weighted by Gasteiger charge is -2.57. The van der Waals surface area contributed by atoms with E-state index in [0.717, 1.165) is 47.3 Å². The third-order valence-electron chi connectivity index (χ3n) is 5.08. The van der Waals surface area contributed by atoms with Gasteiger partial charge in [0.1, 0.15) is 12.1 Å². The van der Waals surface area contributed by atoms with Crippen molar-refractivity contribution in [1.82, 2.24) is 24.9 Å². The number of hydrogen-bond donors (Lipinski definition) is 0. The fourth-order valence-electron chi connectivity index (χ4n) is 4.06. The van der Waals surface area contributed by atoms with E-state index in [2.05, 4.69) is 40.8 Å². The van der Waals surface area contributed by atoms with Crippen LogP contribution >= 0.6 is 0 Å². The lowest BCUT2D eigenvalue weighted by atomic mass is 9.87. The maximum atomic E-state index is 4.62. The summed E-state index contributed by atoms with van der Waals surface area (Å²) >= 11 is 0. The molecule has 3 aliphatic rings. The van der Waals surface area contributed by atoms with Crippen LogP contribution in [0.15, 0.2) is 30.7 Å². The van der Waals surface area contributed by atoms with Crippen LogP contribution in [0, 0.1) is 13.8 Å². The van der Waals surface area contributed by atoms with Gasteiger partial charge in [-0.25, -0.2) is 24.9 Å². The summed E-state index contributed by atoms with van der Waals surface area (Å²) in [5, 5.41) is 1.02. The molecule has 0 aromatic carbocycles. The molecule has 2 bridgehead atoms. The van der Waals surface area contributed by atoms with Crippen LogP contribution in [-0.4, -0.2) is 50.1 Å². The number of fused-ring (bicyclic) bond motifs is 3. The number of rotatable bonds is 2. The predicted octanol–water partition coefficient (Wildman–Crippen LogP) is 1.90. The van der Waals surface area contributed by atoms with Gasteiger partial charge in [-0.15, -0.1) is 0 Å². The highest BCUT2D eigenvalue weighted by molar-refractivity contribution is 5.87. The van der Waals surface area contributed by atoms with Crippen molar-refractivity contribution in [2.75, 3.05) is 22.9 Å². The number of aromatic nitrogens is 5. The first kappa shape index (κ1) is 14.5. The van der Waals surface area contributed by atoms with E-state index in [0.29, 0.717) is 12.1 Å². The quantitative estimate of drug-likeness (QED) is 0.709. The molecular formula is C18H19N7. The van der Waals surface area contributed by atoms with Crippen LogP contribution in [0.3, 0.4) is 0 Å². The van der Waals surface area contributed by atoms with Crippen molar-refractivity contribution in [3.8, 4) is 0 Å². The van der Waals surface area contributed by atoms with Crippen molar-refractivity contribution in [3.05, 3.63) is 42.1 Å². The van der Waals surface area contributed by atoms with E-state index in [4.69, 9.17) is 0 Å². The average Bonchev–Trinajstić information content (AvgIpc) is 2.61. The summed E-state index contributed by atoms with van der Waals surface area (Å²) in [6.45, 7) is 5.89. The largest absolute Gasteiger partial charge is 0.346 e. The van der Waals surface area contributed by atoms with Gasteiger partial charge in [0.15, 0.2) is 5.65 Å². The Balaban J connectivity index is 1.45. The summed E-state index contributed by atoms with van der Waals surface area (Å²) < 4.78 is 0. The van der Waals surface area contributed by atoms with Crippen molar-refractivity contribution < 1.29 is 0 Å². The van der Waals surface area contributed by atoms with E-state index >= 15 is 0 Å². The Morgan fingerprint density at radius 3 is 2.52 bits per heavy atom. The van der Waals surface area contributed by atoms with Gasteiger partial charge in [-0.3, -0.25) is 0 Å². The van der Waals surface area contributed by atoms with Gasteiger partial charge in [0.2, 0.25) is 5.95 Å². The van der Waals surface area contributed by atoms with Gasteiger partial charge in [0.25, 0.3) is 0 Å². The molecular weight excluding hydrogens is 314 g/mol. The molecule has 0 amide bonds. The third kappa shape index (κ3) is 2.30. The maximum Gasteiger partial charge on any atom is 0.225 e. The molecule has 7 heteroatoms. The fourth-order valence-corrected chi connectivity index (χ4v) is 4.06. The number of anilines is 2. The van der Waals surface area contributed by atoms with E-state index in [9.17, 15) is 0 Å². The number of piperidine rings is 1. The molecule has 0 saturated carbocycles. The van der Waals surface area contributed by atoms with Crippen molar-refractivity contribution >= 4 is 22.8 Å². The molecule has 6 heterocycles. The summed E-state index contributed by atoms with van der Waals surface area (Å²) in [5.41, 5.74) is 2.80. The Morgan fingerprint density at radius 2 is 1.76 bits per heavy atom. The highest BCUT2D eigenvalue weighted by atomic mass is 15.4. The molecule has 2 unspecified atom stereocenters. The van der Waals surface area contributed by atoms with Gasteiger partial charge in [0.05, 0.1) is 17.5 Å². The van der Waals surface area contributed by atoms with Crippen molar-refractivity contribution in [3.63, 3.8) is 0 Å². The van der Waals surface area contributed by atoms with Crippen LogP contribution < -0.4 is 9.80 Å². The van der Waals surface area contributed by atoms with Crippen molar-refractivity contribution in [2.24, 2.45) is 0 Å². The molecule has 3 aromatic rings. The normalized spacial score (nSPS) is 22.2. The molecule has 6 rings (SSSR count). The molecule has 0 aliphatic carbocycles. The molecule has 7 nitrogen and oxygen atoms in total. The van der Waals surface area contributed by atoms with E-state index < -0.39 is 0 Å². The van der Waals surface area contributed by atoms with Crippen LogP contribution in [0.4, 0.5) is 11.8 Å². The Kier molecular flexibility index (Phi) is 3.10. The van der Waals surface area contributed by atoms with Crippen LogP contribution in [-0.2, 0) is 0 Å². The zero-order valence-electron chi connectivity index (χ0n) is 14.3. The molecule has 2 atom stereocenters. The average molecular weight is 333 g/mol. The summed E-state index contributed by atoms with van der Waals surface area (Å²) in [6, 6.07) is 6.88. The molecule has 3 aliphatic heterocycles. The Hall–Kier alpha value is -2.83. The Labute approximate surface area is 145 Å². The Morgan fingerprint density at radius 1 is 1.00 bits per heavy atom. The molecule has 3 saturated heterocycles. The van der Waals surface area contributed by atoms with E-state index in [1.807, 2.05) is 26.0 Å². The van der Waals surface area contributed by atoms with Gasteiger partial charge in [-0.1, -0.05) is 0 Å². The number of nitrogens with zero attached hydrogens (tertiary/aromatic N) is 7. The zero-order chi connectivity index (χ0) is 17.0. The molecule has 0 spiro atoms. The highest BCUT2D eigenvalue weighted by Gasteiger charge is 2.46. The monoisotopic (exact) mass is 333 g/mol. The SMILES string of the molecule is Cc1cc(C)nc(N2CC3CC(C2)N3c2ncnc3ncccc23)n1. The molecule has 0 N–H and O–H groups in total. The van der Waals surface area contributed by atoms with Gasteiger partial charge < -0.3 is 9.80 Å². The van der Waals surface area contributed by atoms with Crippen LogP contribution in [0.1, 0.15) is 17.8 Å². The summed E-state index contributed by atoms with van der Waals surface area (Å²) in [6.07, 6.45) is 4.58. The second-order valence-electron chi connectivity index (χ2n) is 6.88. The van der Waals surface area contributed by atoms with Gasteiger partial charge in [0, 0.05) is 30.7 Å². The van der Waals surface area contributed by atoms with E-state index in [1.165, 1.54) is 6.42 Å². The van der Waals surface area contributed by atoms with Crippen LogP contribution in [0.2, 0.25) is 0 Å². The fraction of sp³-hybridized carbons (Fsp3) is 0.389. The first-order valence-electron chi connectivity index (χ1n) is 8.60. The smallest absolute Gasteiger partial charge is 0.225 e. The lowest BCUT2D eigenvalue weighted by molar-refractivity contribution is 0.287. The zero-order valence-corrected chi connectivity index (χ0v) is 14.3. The van der Waals surface area contributed by atoms with Crippen molar-refractivity contribution in [2.45, 2.75) is 32.4 Å². The lowest BCUT2D eigenvalue weighted by Crippen LogP contribution is -2.69. The Bertz CT molecular complexity index is 920. The van der Waals surface area contributed by atoms with E-state index in [1.54, 1.807) is 12.5 Å². The highest BCUT2D eigenvalue weighted by Crippen LogP contribution is 2.39. The summed E-state index contributed by atoms with van der Waals surface area (Å²) in [4.78, 5) is 27.2. The minimum atomic E-state index is 0.432. The van der Waals surface area contributed by atoms with Crippen molar-refractivity contribution in [1.29, 1.82) is 0 Å². The molecule has 0 radical (unpaired) electrons. The predicted molar refractivity (Wildman–Crippen MR) is 95.7 cm³/mol. The van der Waals surface area contributed by atoms with Gasteiger partial charge >= 0.3 is 0 Å². The topological polar surface area (TPSA) is 70.9 Å². The van der Waals surface area contributed by atoms with Gasteiger partial charge in [-0.05, 0) is 38.5 Å². The van der Waals surface area contributed by atoms with Crippen LogP contribution in [0.5, 0.6) is 0 Å². The third-order valence-corrected chi connectivity index (χ3v) is 5.08. The number of pyridine rings is 1. The second-order valence-corrected chi connectivity index (χ2v) is 6.88. The minimum Gasteiger partial charge on any atom is -0.346 e. The number of aryl methyl sites for hydroxylation is 2. The first-order chi connectivity index (χ1) is 12.2. The van der Waals surface area contributed by atoms with E-state index in [-0.39, 0.29) is 0 Å². The number of hydrogen-bond acceptors (Lipinski definition) is 7. The first-order valence-corrected chi connectivity index (χ1v) is 8.60. The summed E-state index contributed by atoms with van der Waals surface area (Å²) in [7, 11) is 0. The molecule has 126 valence electrons. The summed E-state index contributed by atoms with van der Waals surface area (Å²) in [5.74, 6) is 1.85. The minimum absolute atomic E-state index is 0.432. The standard InChI is InChI=1S/C18H19N7/c1-11-6-12(2)23-18(22-11)24-8-13-7-14(9-24)25(13)17-15-4-3-5-19-16(15)20-10-21-17/h3-6,10,13-14H,7-9H2,1-2H3. The van der Waals surface area contributed by atoms with Crippen LogP contribution in [0.25, 0.3) is 11.0 Å². The number of piperazine rings is 1.